The van der Waals surface area contributed by atoms with Gasteiger partial charge in [0.05, 0.1) is 26.6 Å². The van der Waals surface area contributed by atoms with Crippen LogP contribution in [0.5, 0.6) is 0 Å². The van der Waals surface area contributed by atoms with Crippen LogP contribution in [0.25, 0.3) is 11.0 Å². The van der Waals surface area contributed by atoms with Gasteiger partial charge in [-0.25, -0.2) is 27.2 Å². The molecule has 0 radical (unpaired) electrons. The van der Waals surface area contributed by atoms with E-state index < -0.39 is 57.8 Å². The number of carbonyl (C=O) groups is 1. The van der Waals surface area contributed by atoms with Crippen LogP contribution >= 0.6 is 0 Å². The molecule has 3 aromatic rings. The Labute approximate surface area is 181 Å². The molecule has 1 aromatic carbocycles. The van der Waals surface area contributed by atoms with E-state index in [4.69, 9.17) is 0 Å². The third kappa shape index (κ3) is 4.56. The average molecular weight is 470 g/mol. The van der Waals surface area contributed by atoms with Crippen molar-refractivity contribution < 1.29 is 32.2 Å². The monoisotopic (exact) mass is 470 g/mol. The molecule has 0 fully saturated rings. The standard InChI is InChI=1S/C18H14F4N6O5/c1-7-12(27(30)31)3-9(4-13(7)28(32)33)23-14(29)6-26-18-15(8(2)25-26)10(16(19)20)5-11(24-18)17(21)22/h3-5,16-17H,6H2,1-2H3,(H,23,29). The van der Waals surface area contributed by atoms with Gasteiger partial charge in [-0.3, -0.25) is 25.0 Å². The zero-order valence-corrected chi connectivity index (χ0v) is 16.9. The number of aromatic nitrogens is 3. The summed E-state index contributed by atoms with van der Waals surface area (Å²) in [6.07, 6.45) is -6.26. The van der Waals surface area contributed by atoms with E-state index in [1.807, 2.05) is 0 Å². The lowest BCUT2D eigenvalue weighted by molar-refractivity contribution is -0.395. The van der Waals surface area contributed by atoms with Gasteiger partial charge in [-0.15, -0.1) is 0 Å². The van der Waals surface area contributed by atoms with E-state index in [1.165, 1.54) is 13.8 Å². The van der Waals surface area contributed by atoms with Crippen LogP contribution in [-0.2, 0) is 11.3 Å². The van der Waals surface area contributed by atoms with Gasteiger partial charge in [0.1, 0.15) is 17.8 Å². The Bertz CT molecular complexity index is 1260. The number of hydrogen-bond acceptors (Lipinski definition) is 7. The summed E-state index contributed by atoms with van der Waals surface area (Å²) in [7, 11) is 0. The number of nitrogens with zero attached hydrogens (tertiary/aromatic N) is 5. The molecule has 2 heterocycles. The normalized spacial score (nSPS) is 11.4. The first-order valence-corrected chi connectivity index (χ1v) is 9.08. The molecule has 174 valence electrons. The number of benzene rings is 1. The third-order valence-electron chi connectivity index (χ3n) is 4.71. The summed E-state index contributed by atoms with van der Waals surface area (Å²) < 4.78 is 53.9. The van der Waals surface area contributed by atoms with Gasteiger partial charge in [0.15, 0.2) is 5.65 Å². The lowest BCUT2D eigenvalue weighted by Gasteiger charge is -2.09. The van der Waals surface area contributed by atoms with Crippen LogP contribution in [0.3, 0.4) is 0 Å². The molecule has 15 heteroatoms. The van der Waals surface area contributed by atoms with E-state index in [2.05, 4.69) is 15.4 Å². The Hall–Kier alpha value is -4.17. The van der Waals surface area contributed by atoms with Crippen molar-refractivity contribution in [2.24, 2.45) is 0 Å². The summed E-state index contributed by atoms with van der Waals surface area (Å²) in [6, 6.07) is 2.39. The van der Waals surface area contributed by atoms with Crippen LogP contribution in [0.2, 0.25) is 0 Å². The molecular weight excluding hydrogens is 456 g/mol. The van der Waals surface area contributed by atoms with E-state index >= 15 is 0 Å². The number of hydrogen-bond donors (Lipinski definition) is 1. The number of alkyl halides is 4. The number of pyridine rings is 1. The molecule has 0 aliphatic heterocycles. The number of nitro benzene ring substituents is 2. The minimum atomic E-state index is -3.15. The van der Waals surface area contributed by atoms with Crippen LogP contribution in [0.4, 0.5) is 34.6 Å². The molecule has 33 heavy (non-hydrogen) atoms. The van der Waals surface area contributed by atoms with E-state index in [0.29, 0.717) is 6.07 Å². The summed E-state index contributed by atoms with van der Waals surface area (Å²) in [5.41, 5.74) is -3.71. The zero-order chi connectivity index (χ0) is 24.6. The zero-order valence-electron chi connectivity index (χ0n) is 16.9. The highest BCUT2D eigenvalue weighted by Gasteiger charge is 2.26. The first kappa shape index (κ1) is 23.5. The van der Waals surface area contributed by atoms with Gasteiger partial charge < -0.3 is 5.32 Å². The number of fused-ring (bicyclic) bond motifs is 1. The summed E-state index contributed by atoms with van der Waals surface area (Å²) in [6.45, 7) is 1.81. The van der Waals surface area contributed by atoms with E-state index in [0.717, 1.165) is 16.8 Å². The number of aryl methyl sites for hydroxylation is 1. The number of nitro groups is 2. The summed E-state index contributed by atoms with van der Waals surface area (Å²) >= 11 is 0. The third-order valence-corrected chi connectivity index (χ3v) is 4.71. The van der Waals surface area contributed by atoms with Gasteiger partial charge in [-0.1, -0.05) is 0 Å². The second kappa shape index (κ2) is 8.76. The van der Waals surface area contributed by atoms with Gasteiger partial charge >= 0.3 is 0 Å². The second-order valence-corrected chi connectivity index (χ2v) is 6.88. The highest BCUT2D eigenvalue weighted by atomic mass is 19.3. The highest BCUT2D eigenvalue weighted by molar-refractivity contribution is 5.93. The van der Waals surface area contributed by atoms with Crippen molar-refractivity contribution in [2.45, 2.75) is 33.2 Å². The maximum Gasteiger partial charge on any atom is 0.281 e. The van der Waals surface area contributed by atoms with Crippen molar-refractivity contribution in [3.05, 3.63) is 60.9 Å². The van der Waals surface area contributed by atoms with Crippen molar-refractivity contribution in [2.75, 3.05) is 5.32 Å². The fourth-order valence-electron chi connectivity index (χ4n) is 3.27. The Balaban J connectivity index is 2.00. The van der Waals surface area contributed by atoms with Crippen LogP contribution in [0.15, 0.2) is 18.2 Å². The molecule has 2 aromatic heterocycles. The average Bonchev–Trinajstić information content (AvgIpc) is 3.03. The van der Waals surface area contributed by atoms with Crippen molar-refractivity contribution in [1.82, 2.24) is 14.8 Å². The fourth-order valence-corrected chi connectivity index (χ4v) is 3.27. The van der Waals surface area contributed by atoms with Crippen LogP contribution in [0.1, 0.15) is 35.4 Å². The minimum absolute atomic E-state index is 0.0167. The topological polar surface area (TPSA) is 146 Å². The number of carbonyl (C=O) groups excluding carboxylic acids is 1. The van der Waals surface area contributed by atoms with Gasteiger partial charge in [-0.2, -0.15) is 5.10 Å². The van der Waals surface area contributed by atoms with Crippen molar-refractivity contribution in [1.29, 1.82) is 0 Å². The van der Waals surface area contributed by atoms with Crippen LogP contribution < -0.4 is 5.32 Å². The SMILES string of the molecule is Cc1c([N+](=O)[O-])cc(NC(=O)Cn2nc(C)c3c(C(F)F)cc(C(F)F)nc32)cc1[N+](=O)[O-]. The summed E-state index contributed by atoms with van der Waals surface area (Å²) in [4.78, 5) is 36.8. The van der Waals surface area contributed by atoms with Crippen molar-refractivity contribution >= 4 is 34.0 Å². The molecule has 1 amide bonds. The number of nitrogens with one attached hydrogen (secondary N) is 1. The quantitative estimate of drug-likeness (QED) is 0.306. The van der Waals surface area contributed by atoms with Crippen molar-refractivity contribution in [3.8, 4) is 0 Å². The number of rotatable bonds is 7. The molecule has 1 N–H and O–H groups in total. The van der Waals surface area contributed by atoms with E-state index in [1.54, 1.807) is 0 Å². The Morgan fingerprint density at radius 1 is 1.06 bits per heavy atom. The molecule has 0 atom stereocenters. The summed E-state index contributed by atoms with van der Waals surface area (Å²) in [5, 5.41) is 28.3. The molecule has 0 aliphatic rings. The second-order valence-electron chi connectivity index (χ2n) is 6.88. The maximum atomic E-state index is 13.4. The molecule has 0 saturated carbocycles. The van der Waals surface area contributed by atoms with Gasteiger partial charge in [0.2, 0.25) is 5.91 Å². The highest BCUT2D eigenvalue weighted by Crippen LogP contribution is 2.33. The summed E-state index contributed by atoms with van der Waals surface area (Å²) in [5.74, 6) is -0.908. The molecule has 0 bridgehead atoms. The van der Waals surface area contributed by atoms with E-state index in [9.17, 15) is 42.6 Å². The Morgan fingerprint density at radius 2 is 1.64 bits per heavy atom. The van der Waals surface area contributed by atoms with E-state index in [-0.39, 0.29) is 28.0 Å². The van der Waals surface area contributed by atoms with Gasteiger partial charge in [0.25, 0.3) is 24.2 Å². The molecule has 3 rings (SSSR count). The number of anilines is 1. The van der Waals surface area contributed by atoms with Crippen LogP contribution in [-0.4, -0.2) is 30.5 Å². The first-order valence-electron chi connectivity index (χ1n) is 9.08. The van der Waals surface area contributed by atoms with Crippen LogP contribution in [0, 0.1) is 34.1 Å². The maximum absolute atomic E-state index is 13.4. The lowest BCUT2D eigenvalue weighted by atomic mass is 10.1. The smallest absolute Gasteiger partial charge is 0.281 e. The molecule has 11 nitrogen and oxygen atoms in total. The molecule has 0 unspecified atom stereocenters. The largest absolute Gasteiger partial charge is 0.324 e. The van der Waals surface area contributed by atoms with Gasteiger partial charge in [-0.05, 0) is 19.9 Å². The predicted molar refractivity (Wildman–Crippen MR) is 105 cm³/mol. The molecular formula is C18H14F4N6O5. The predicted octanol–water partition coefficient (Wildman–Crippen LogP) is 4.38. The fraction of sp³-hybridized carbons (Fsp3) is 0.278. The van der Waals surface area contributed by atoms with Crippen molar-refractivity contribution in [3.63, 3.8) is 0 Å². The minimum Gasteiger partial charge on any atom is -0.324 e. The number of amides is 1. The molecule has 0 saturated heterocycles. The Kier molecular flexibility index (Phi) is 6.23. The van der Waals surface area contributed by atoms with Gasteiger partial charge in [0, 0.05) is 17.7 Å². The molecule has 0 aliphatic carbocycles. The number of halogens is 4. The molecule has 0 spiro atoms. The Morgan fingerprint density at radius 3 is 2.12 bits per heavy atom. The lowest BCUT2D eigenvalue weighted by Crippen LogP contribution is -2.20. The first-order chi connectivity index (χ1) is 15.4.